The molecule has 1 saturated carbocycles. The van der Waals surface area contributed by atoms with Crippen LogP contribution in [-0.4, -0.2) is 51.8 Å². The van der Waals surface area contributed by atoms with Crippen LogP contribution in [0.3, 0.4) is 0 Å². The monoisotopic (exact) mass is 369 g/mol. The number of thioether (sulfide) groups is 2. The molecule has 24 heavy (non-hydrogen) atoms. The molecular weight excluding hydrogens is 346 g/mol. The lowest BCUT2D eigenvalue weighted by molar-refractivity contribution is -0.383. The zero-order valence-electron chi connectivity index (χ0n) is 13.9. The molecule has 1 aliphatic carbocycles. The Bertz CT molecular complexity index is 589. The number of rotatable bonds is 5. The Morgan fingerprint density at radius 2 is 1.96 bits per heavy atom. The molecule has 0 radical (unpaired) electrons. The zero-order valence-corrected chi connectivity index (χ0v) is 15.5. The molecule has 1 N–H and O–H groups in total. The van der Waals surface area contributed by atoms with E-state index >= 15 is 0 Å². The lowest BCUT2D eigenvalue weighted by Crippen LogP contribution is -2.34. The van der Waals surface area contributed by atoms with E-state index in [9.17, 15) is 10.1 Å². The molecule has 0 bridgehead atoms. The molecule has 0 unspecified atom stereocenters. The first-order valence-corrected chi connectivity index (χ1v) is 10.8. The van der Waals surface area contributed by atoms with E-state index < -0.39 is 0 Å². The van der Waals surface area contributed by atoms with E-state index in [1.807, 2.05) is 22.9 Å². The van der Waals surface area contributed by atoms with E-state index in [1.165, 1.54) is 31.0 Å². The Hall–Kier alpha value is -1.22. The van der Waals surface area contributed by atoms with Crippen LogP contribution in [0.15, 0.2) is 5.16 Å². The van der Waals surface area contributed by atoms with Gasteiger partial charge in [-0.25, -0.2) is 0 Å². The first-order valence-electron chi connectivity index (χ1n) is 8.38. The van der Waals surface area contributed by atoms with Crippen LogP contribution in [0.1, 0.15) is 32.1 Å². The summed E-state index contributed by atoms with van der Waals surface area (Å²) in [6.45, 7) is 1.58. The van der Waals surface area contributed by atoms with Gasteiger partial charge in [0, 0.05) is 30.6 Å². The highest BCUT2D eigenvalue weighted by Crippen LogP contribution is 2.36. The maximum absolute atomic E-state index is 11.8. The summed E-state index contributed by atoms with van der Waals surface area (Å²) < 4.78 is 0. The fourth-order valence-corrected chi connectivity index (χ4v) is 4.48. The summed E-state index contributed by atoms with van der Waals surface area (Å²) in [5.41, 5.74) is 0.0327. The molecule has 9 heteroatoms. The summed E-state index contributed by atoms with van der Waals surface area (Å²) in [4.78, 5) is 22.4. The van der Waals surface area contributed by atoms with Crippen LogP contribution in [0.4, 0.5) is 17.3 Å². The van der Waals surface area contributed by atoms with Gasteiger partial charge in [0.05, 0.1) is 4.92 Å². The van der Waals surface area contributed by atoms with Crippen molar-refractivity contribution in [1.82, 2.24) is 9.97 Å². The van der Waals surface area contributed by atoms with Crippen LogP contribution >= 0.6 is 23.5 Å². The highest BCUT2D eigenvalue weighted by atomic mass is 32.2. The lowest BCUT2D eigenvalue weighted by atomic mass is 9.95. The summed E-state index contributed by atoms with van der Waals surface area (Å²) >= 11 is 3.30. The first kappa shape index (κ1) is 17.6. The van der Waals surface area contributed by atoms with Gasteiger partial charge in [-0.05, 0) is 19.1 Å². The average molecular weight is 370 g/mol. The lowest BCUT2D eigenvalue weighted by Gasteiger charge is -2.28. The SMILES string of the molecule is CSc1nc(NC2CCCCC2)c([N+](=O)[O-])c(N2CCSCC2)n1. The molecule has 7 nitrogen and oxygen atoms in total. The van der Waals surface area contributed by atoms with Crippen LogP contribution in [0.5, 0.6) is 0 Å². The van der Waals surface area contributed by atoms with Crippen molar-refractivity contribution >= 4 is 40.8 Å². The topological polar surface area (TPSA) is 84.2 Å². The zero-order chi connectivity index (χ0) is 16.9. The Morgan fingerprint density at radius 3 is 2.58 bits per heavy atom. The van der Waals surface area contributed by atoms with E-state index in [-0.39, 0.29) is 16.7 Å². The van der Waals surface area contributed by atoms with Gasteiger partial charge < -0.3 is 10.2 Å². The third kappa shape index (κ3) is 4.05. The van der Waals surface area contributed by atoms with Crippen molar-refractivity contribution in [3.8, 4) is 0 Å². The summed E-state index contributed by atoms with van der Waals surface area (Å²) in [6.07, 6.45) is 7.58. The van der Waals surface area contributed by atoms with Gasteiger partial charge in [0.1, 0.15) is 0 Å². The van der Waals surface area contributed by atoms with Crippen molar-refractivity contribution in [1.29, 1.82) is 0 Å². The summed E-state index contributed by atoms with van der Waals surface area (Å²) in [5, 5.41) is 15.7. The number of hydrogen-bond donors (Lipinski definition) is 1. The van der Waals surface area contributed by atoms with E-state index in [0.717, 1.165) is 37.4 Å². The van der Waals surface area contributed by atoms with E-state index in [4.69, 9.17) is 0 Å². The molecule has 0 aromatic carbocycles. The van der Waals surface area contributed by atoms with Crippen molar-refractivity contribution in [3.05, 3.63) is 10.1 Å². The predicted octanol–water partition coefficient (Wildman–Crippen LogP) is 3.40. The standard InChI is InChI=1S/C15H23N5O2S2/c1-23-15-17-13(16-11-5-3-2-4-6-11)12(20(21)22)14(18-15)19-7-9-24-10-8-19/h11H,2-10H2,1H3,(H,16,17,18). The van der Waals surface area contributed by atoms with Crippen LogP contribution in [0, 0.1) is 10.1 Å². The Morgan fingerprint density at radius 1 is 1.25 bits per heavy atom. The van der Waals surface area contributed by atoms with E-state index in [0.29, 0.717) is 16.8 Å². The maximum atomic E-state index is 11.8. The number of nitro groups is 1. The summed E-state index contributed by atoms with van der Waals surface area (Å²) in [7, 11) is 0. The third-order valence-corrected chi connectivity index (χ3v) is 5.96. The fraction of sp³-hybridized carbons (Fsp3) is 0.733. The predicted molar refractivity (Wildman–Crippen MR) is 101 cm³/mol. The molecule has 0 atom stereocenters. The largest absolute Gasteiger partial charge is 0.361 e. The molecule has 0 spiro atoms. The van der Waals surface area contributed by atoms with Crippen LogP contribution in [-0.2, 0) is 0 Å². The third-order valence-electron chi connectivity index (χ3n) is 4.47. The van der Waals surface area contributed by atoms with Crippen LogP contribution < -0.4 is 10.2 Å². The highest BCUT2D eigenvalue weighted by molar-refractivity contribution is 7.99. The number of nitrogens with zero attached hydrogens (tertiary/aromatic N) is 4. The maximum Gasteiger partial charge on any atom is 0.353 e. The highest BCUT2D eigenvalue weighted by Gasteiger charge is 2.30. The normalized spacial score (nSPS) is 19.3. The van der Waals surface area contributed by atoms with Crippen molar-refractivity contribution in [2.75, 3.05) is 41.1 Å². The fourth-order valence-electron chi connectivity index (χ4n) is 3.22. The Balaban J connectivity index is 1.96. The van der Waals surface area contributed by atoms with Crippen molar-refractivity contribution in [2.24, 2.45) is 0 Å². The van der Waals surface area contributed by atoms with Gasteiger partial charge in [-0.2, -0.15) is 21.7 Å². The number of hydrogen-bond acceptors (Lipinski definition) is 8. The van der Waals surface area contributed by atoms with Gasteiger partial charge in [0.25, 0.3) is 0 Å². The van der Waals surface area contributed by atoms with Gasteiger partial charge in [-0.1, -0.05) is 31.0 Å². The molecule has 2 heterocycles. The molecule has 2 aliphatic rings. The second-order valence-corrected chi connectivity index (χ2v) is 8.07. The minimum absolute atomic E-state index is 0.0327. The molecule has 1 aliphatic heterocycles. The first-order chi connectivity index (χ1) is 11.7. The molecule has 1 saturated heterocycles. The molecule has 132 valence electrons. The number of nitrogens with one attached hydrogen (secondary N) is 1. The van der Waals surface area contributed by atoms with Crippen molar-refractivity contribution in [3.63, 3.8) is 0 Å². The Labute approximate surface area is 150 Å². The van der Waals surface area contributed by atoms with Gasteiger partial charge in [0.15, 0.2) is 5.16 Å². The van der Waals surface area contributed by atoms with E-state index in [2.05, 4.69) is 15.3 Å². The minimum atomic E-state index is -0.327. The van der Waals surface area contributed by atoms with Gasteiger partial charge >= 0.3 is 5.69 Å². The van der Waals surface area contributed by atoms with Gasteiger partial charge in [-0.3, -0.25) is 10.1 Å². The molecule has 1 aromatic rings. The second-order valence-electron chi connectivity index (χ2n) is 6.07. The molecule has 0 amide bonds. The quantitative estimate of drug-likeness (QED) is 0.366. The summed E-state index contributed by atoms with van der Waals surface area (Å²) in [6, 6.07) is 0.270. The van der Waals surface area contributed by atoms with Gasteiger partial charge in [-0.15, -0.1) is 0 Å². The molecule has 3 rings (SSSR count). The smallest absolute Gasteiger partial charge is 0.353 e. The van der Waals surface area contributed by atoms with Crippen LogP contribution in [0.25, 0.3) is 0 Å². The molecular formula is C15H23N5O2S2. The number of aromatic nitrogens is 2. The van der Waals surface area contributed by atoms with E-state index in [1.54, 1.807) is 0 Å². The Kier molecular flexibility index (Phi) is 6.04. The van der Waals surface area contributed by atoms with Crippen molar-refractivity contribution in [2.45, 2.75) is 43.3 Å². The molecule has 1 aromatic heterocycles. The van der Waals surface area contributed by atoms with Gasteiger partial charge in [0.2, 0.25) is 11.6 Å². The van der Waals surface area contributed by atoms with Crippen molar-refractivity contribution < 1.29 is 4.92 Å². The second kappa shape index (κ2) is 8.24. The van der Waals surface area contributed by atoms with Crippen LogP contribution in [0.2, 0.25) is 0 Å². The average Bonchev–Trinajstić information content (AvgIpc) is 2.62. The minimum Gasteiger partial charge on any atom is -0.361 e. The number of anilines is 2. The summed E-state index contributed by atoms with van der Waals surface area (Å²) in [5.74, 6) is 2.81. The molecule has 2 fully saturated rings.